The quantitative estimate of drug-likeness (QED) is 0.593. The average molecular weight is 385 g/mol. The van der Waals surface area contributed by atoms with E-state index in [1.54, 1.807) is 0 Å². The van der Waals surface area contributed by atoms with Crippen molar-refractivity contribution in [3.63, 3.8) is 0 Å². The summed E-state index contributed by atoms with van der Waals surface area (Å²) in [5, 5.41) is 11.5. The lowest BCUT2D eigenvalue weighted by molar-refractivity contribution is 0.312. The summed E-state index contributed by atoms with van der Waals surface area (Å²) in [6.45, 7) is 5.07. The Kier molecular flexibility index (Phi) is 4.64. The van der Waals surface area contributed by atoms with Crippen molar-refractivity contribution in [2.75, 3.05) is 5.32 Å². The molecule has 4 nitrogen and oxygen atoms in total. The number of anilines is 1. The first-order chi connectivity index (χ1) is 12.9. The Bertz CT molecular complexity index is 963. The molecule has 0 bridgehead atoms. The number of halogens is 2. The van der Waals surface area contributed by atoms with Crippen LogP contribution in [0.5, 0.6) is 0 Å². The zero-order chi connectivity index (χ0) is 19.0. The molecular formula is C21H22ClFN4. The predicted molar refractivity (Wildman–Crippen MR) is 106 cm³/mol. The number of pyridine rings is 1. The maximum atomic E-state index is 14.1. The fourth-order valence-corrected chi connectivity index (χ4v) is 3.73. The summed E-state index contributed by atoms with van der Waals surface area (Å²) < 4.78 is 14.1. The van der Waals surface area contributed by atoms with Crippen molar-refractivity contribution in [3.8, 4) is 11.3 Å². The van der Waals surface area contributed by atoms with E-state index >= 15 is 0 Å². The fraction of sp³-hybridized carbons (Fsp3) is 0.333. The van der Waals surface area contributed by atoms with E-state index in [4.69, 9.17) is 11.6 Å². The normalized spacial score (nSPS) is 15.4. The second-order valence-electron chi connectivity index (χ2n) is 7.91. The molecule has 0 spiro atoms. The van der Waals surface area contributed by atoms with E-state index in [9.17, 15) is 4.39 Å². The SMILES string of the molecule is CC1(C)CCc2c(-c3cc(F)nc(NCc4ccc(Cl)cc4)c3)n[nH]c2C1. The number of aromatic amines is 1. The van der Waals surface area contributed by atoms with Gasteiger partial charge in [0.05, 0.1) is 5.69 Å². The number of aromatic nitrogens is 3. The van der Waals surface area contributed by atoms with Gasteiger partial charge in [0.1, 0.15) is 5.82 Å². The van der Waals surface area contributed by atoms with E-state index < -0.39 is 5.95 Å². The van der Waals surface area contributed by atoms with Crippen molar-refractivity contribution >= 4 is 17.4 Å². The minimum atomic E-state index is -0.515. The summed E-state index contributed by atoms with van der Waals surface area (Å²) >= 11 is 5.91. The molecule has 2 aromatic heterocycles. The Morgan fingerprint density at radius 2 is 2.00 bits per heavy atom. The number of rotatable bonds is 4. The van der Waals surface area contributed by atoms with Gasteiger partial charge in [-0.25, -0.2) is 4.98 Å². The van der Waals surface area contributed by atoms with Crippen LogP contribution >= 0.6 is 11.6 Å². The molecule has 1 aliphatic carbocycles. The van der Waals surface area contributed by atoms with Gasteiger partial charge in [-0.3, -0.25) is 5.10 Å². The Morgan fingerprint density at radius 3 is 2.78 bits per heavy atom. The molecule has 140 valence electrons. The van der Waals surface area contributed by atoms with Crippen molar-refractivity contribution in [1.29, 1.82) is 0 Å². The first-order valence-electron chi connectivity index (χ1n) is 9.12. The lowest BCUT2D eigenvalue weighted by Gasteiger charge is -2.29. The van der Waals surface area contributed by atoms with E-state index in [0.717, 1.165) is 41.8 Å². The number of H-pyrrole nitrogens is 1. The third-order valence-electron chi connectivity index (χ3n) is 5.11. The van der Waals surface area contributed by atoms with E-state index in [1.165, 1.54) is 11.6 Å². The summed E-state index contributed by atoms with van der Waals surface area (Å²) in [6.07, 6.45) is 3.01. The molecule has 0 radical (unpaired) electrons. The largest absolute Gasteiger partial charge is 0.366 e. The summed E-state index contributed by atoms with van der Waals surface area (Å²) in [4.78, 5) is 3.97. The fourth-order valence-electron chi connectivity index (χ4n) is 3.60. The number of nitrogens with zero attached hydrogens (tertiary/aromatic N) is 2. The maximum absolute atomic E-state index is 14.1. The van der Waals surface area contributed by atoms with Gasteiger partial charge in [-0.05, 0) is 48.4 Å². The van der Waals surface area contributed by atoms with Crippen molar-refractivity contribution in [2.24, 2.45) is 5.41 Å². The molecule has 3 aromatic rings. The second-order valence-corrected chi connectivity index (χ2v) is 8.35. The van der Waals surface area contributed by atoms with Crippen molar-refractivity contribution in [3.05, 3.63) is 64.2 Å². The van der Waals surface area contributed by atoms with Gasteiger partial charge in [0, 0.05) is 34.5 Å². The topological polar surface area (TPSA) is 53.6 Å². The van der Waals surface area contributed by atoms with E-state index in [1.807, 2.05) is 30.3 Å². The number of benzene rings is 1. The third kappa shape index (κ3) is 3.98. The minimum absolute atomic E-state index is 0.269. The molecule has 0 amide bonds. The van der Waals surface area contributed by atoms with Gasteiger partial charge in [0.25, 0.3) is 0 Å². The first-order valence-corrected chi connectivity index (χ1v) is 9.50. The van der Waals surface area contributed by atoms with Crippen LogP contribution in [0.4, 0.5) is 10.2 Å². The van der Waals surface area contributed by atoms with Gasteiger partial charge in [-0.15, -0.1) is 0 Å². The summed E-state index contributed by atoms with van der Waals surface area (Å²) in [5.74, 6) is -0.0214. The van der Waals surface area contributed by atoms with Gasteiger partial charge < -0.3 is 5.32 Å². The highest BCUT2D eigenvalue weighted by Crippen LogP contribution is 2.38. The van der Waals surface area contributed by atoms with E-state index in [0.29, 0.717) is 17.4 Å². The van der Waals surface area contributed by atoms with Crippen molar-refractivity contribution in [2.45, 2.75) is 39.7 Å². The molecule has 0 aliphatic heterocycles. The Hall–Kier alpha value is -2.40. The summed E-state index contributed by atoms with van der Waals surface area (Å²) in [5.41, 5.74) is 5.25. The highest BCUT2D eigenvalue weighted by atomic mass is 35.5. The van der Waals surface area contributed by atoms with Crippen LogP contribution in [0.25, 0.3) is 11.3 Å². The predicted octanol–water partition coefficient (Wildman–Crippen LogP) is 5.39. The molecule has 1 aromatic carbocycles. The van der Waals surface area contributed by atoms with Crippen LogP contribution in [-0.4, -0.2) is 15.2 Å². The zero-order valence-electron chi connectivity index (χ0n) is 15.4. The van der Waals surface area contributed by atoms with Crippen LogP contribution in [0.3, 0.4) is 0 Å². The van der Waals surface area contributed by atoms with Crippen LogP contribution in [0, 0.1) is 11.4 Å². The molecule has 4 rings (SSSR count). The van der Waals surface area contributed by atoms with Crippen LogP contribution in [-0.2, 0) is 19.4 Å². The summed E-state index contributed by atoms with van der Waals surface area (Å²) in [6, 6.07) is 10.8. The number of hydrogen-bond donors (Lipinski definition) is 2. The van der Waals surface area contributed by atoms with Gasteiger partial charge in [0.15, 0.2) is 0 Å². The molecule has 2 N–H and O–H groups in total. The molecule has 0 saturated heterocycles. The highest BCUT2D eigenvalue weighted by Gasteiger charge is 2.29. The number of fused-ring (bicyclic) bond motifs is 1. The van der Waals surface area contributed by atoms with E-state index in [-0.39, 0.29) is 5.41 Å². The van der Waals surface area contributed by atoms with Crippen LogP contribution in [0.2, 0.25) is 5.02 Å². The van der Waals surface area contributed by atoms with Crippen molar-refractivity contribution in [1.82, 2.24) is 15.2 Å². The lowest BCUT2D eigenvalue weighted by atomic mass is 9.76. The monoisotopic (exact) mass is 384 g/mol. The first kappa shape index (κ1) is 18.0. The number of hydrogen-bond acceptors (Lipinski definition) is 3. The third-order valence-corrected chi connectivity index (χ3v) is 5.37. The van der Waals surface area contributed by atoms with Crippen molar-refractivity contribution < 1.29 is 4.39 Å². The Balaban J connectivity index is 1.58. The Morgan fingerprint density at radius 1 is 1.22 bits per heavy atom. The molecule has 0 fully saturated rings. The molecule has 27 heavy (non-hydrogen) atoms. The molecule has 6 heteroatoms. The van der Waals surface area contributed by atoms with Gasteiger partial charge >= 0.3 is 0 Å². The summed E-state index contributed by atoms with van der Waals surface area (Å²) in [7, 11) is 0. The average Bonchev–Trinajstić information content (AvgIpc) is 3.02. The maximum Gasteiger partial charge on any atom is 0.215 e. The zero-order valence-corrected chi connectivity index (χ0v) is 16.2. The molecule has 0 atom stereocenters. The van der Waals surface area contributed by atoms with Crippen LogP contribution in [0.15, 0.2) is 36.4 Å². The van der Waals surface area contributed by atoms with Crippen LogP contribution < -0.4 is 5.32 Å². The number of nitrogens with one attached hydrogen (secondary N) is 2. The molecular weight excluding hydrogens is 363 g/mol. The van der Waals surface area contributed by atoms with Gasteiger partial charge in [-0.1, -0.05) is 37.6 Å². The molecule has 0 saturated carbocycles. The molecule has 2 heterocycles. The van der Waals surface area contributed by atoms with Gasteiger partial charge in [0.2, 0.25) is 5.95 Å². The lowest BCUT2D eigenvalue weighted by Crippen LogP contribution is -2.21. The molecule has 1 aliphatic rings. The second kappa shape index (κ2) is 6.97. The minimum Gasteiger partial charge on any atom is -0.366 e. The standard InChI is InChI=1S/C21H22ClFN4/c1-21(2)8-7-16-17(11-21)26-27-20(16)14-9-18(23)25-19(10-14)24-12-13-3-5-15(22)6-4-13/h3-6,9-10H,7-8,11-12H2,1-2H3,(H,24,25)(H,26,27). The molecule has 0 unspecified atom stereocenters. The highest BCUT2D eigenvalue weighted by molar-refractivity contribution is 6.30. The van der Waals surface area contributed by atoms with E-state index in [2.05, 4.69) is 34.3 Å². The Labute approximate surface area is 163 Å². The van der Waals surface area contributed by atoms with Gasteiger partial charge in [-0.2, -0.15) is 9.49 Å². The van der Waals surface area contributed by atoms with Crippen LogP contribution in [0.1, 0.15) is 37.1 Å². The smallest absolute Gasteiger partial charge is 0.215 e.